The summed E-state index contributed by atoms with van der Waals surface area (Å²) in [5.74, 6) is 0.883. The fourth-order valence-corrected chi connectivity index (χ4v) is 1.73. The minimum atomic E-state index is 0.883. The van der Waals surface area contributed by atoms with Gasteiger partial charge >= 0.3 is 0 Å². The highest BCUT2D eigenvalue weighted by atomic mass is 14.8. The predicted molar refractivity (Wildman–Crippen MR) is 53.3 cm³/mol. The first kappa shape index (κ1) is 9.30. The number of nitrogens with one attached hydrogen (secondary N) is 1. The van der Waals surface area contributed by atoms with E-state index >= 15 is 0 Å². The van der Waals surface area contributed by atoms with Gasteiger partial charge in [0.1, 0.15) is 0 Å². The van der Waals surface area contributed by atoms with E-state index in [2.05, 4.69) is 17.0 Å². The van der Waals surface area contributed by atoms with E-state index in [1.807, 2.05) is 6.20 Å². The van der Waals surface area contributed by atoms with Crippen LogP contribution < -0.4 is 5.32 Å². The first-order chi connectivity index (χ1) is 5.93. The van der Waals surface area contributed by atoms with Crippen LogP contribution in [0.4, 0.5) is 0 Å². The highest BCUT2D eigenvalue weighted by molar-refractivity contribution is 5.25. The van der Waals surface area contributed by atoms with Gasteiger partial charge in [0.25, 0.3) is 0 Å². The summed E-state index contributed by atoms with van der Waals surface area (Å²) < 4.78 is 0. The van der Waals surface area contributed by atoms with Crippen LogP contribution in [-0.2, 0) is 0 Å². The Kier molecular flexibility index (Phi) is 4.50. The topological polar surface area (TPSA) is 24.4 Å². The van der Waals surface area contributed by atoms with Gasteiger partial charge in [-0.1, -0.05) is 19.3 Å². The number of nitrogens with zero attached hydrogens (tertiary/aromatic N) is 1. The molecule has 0 aromatic heterocycles. The first-order valence-electron chi connectivity index (χ1n) is 4.77. The quantitative estimate of drug-likeness (QED) is 0.637. The standard InChI is InChI=1S/C10H18N2/c1-11-7-8-12-9-10-5-3-2-4-6-10/h7-8,10,12H,1-6,9H2/b8-7-. The van der Waals surface area contributed by atoms with Crippen molar-refractivity contribution in [3.05, 3.63) is 12.4 Å². The molecule has 0 amide bonds. The third kappa shape index (κ3) is 3.56. The predicted octanol–water partition coefficient (Wildman–Crippen LogP) is 2.33. The summed E-state index contributed by atoms with van der Waals surface area (Å²) in [6, 6.07) is 0. The van der Waals surface area contributed by atoms with Crippen molar-refractivity contribution in [2.45, 2.75) is 32.1 Å². The van der Waals surface area contributed by atoms with E-state index in [0.717, 1.165) is 12.5 Å². The van der Waals surface area contributed by atoms with Gasteiger partial charge in [0, 0.05) is 18.9 Å². The molecule has 0 spiro atoms. The first-order valence-corrected chi connectivity index (χ1v) is 4.77. The minimum Gasteiger partial charge on any atom is -0.389 e. The summed E-state index contributed by atoms with van der Waals surface area (Å²) in [6.07, 6.45) is 10.6. The number of hydrogen-bond acceptors (Lipinski definition) is 2. The monoisotopic (exact) mass is 166 g/mol. The Labute approximate surface area is 74.8 Å². The van der Waals surface area contributed by atoms with Crippen molar-refractivity contribution in [3.8, 4) is 0 Å². The normalized spacial score (nSPS) is 19.7. The summed E-state index contributed by atoms with van der Waals surface area (Å²) in [7, 11) is 0. The van der Waals surface area contributed by atoms with Crippen molar-refractivity contribution in [1.29, 1.82) is 0 Å². The zero-order valence-corrected chi connectivity index (χ0v) is 7.63. The molecule has 2 heteroatoms. The lowest BCUT2D eigenvalue weighted by Gasteiger charge is -2.20. The Balaban J connectivity index is 2.05. The molecular weight excluding hydrogens is 148 g/mol. The molecule has 2 nitrogen and oxygen atoms in total. The Hall–Kier alpha value is -0.790. The molecule has 0 aromatic rings. The number of hydrogen-bond donors (Lipinski definition) is 1. The average molecular weight is 166 g/mol. The molecule has 1 saturated carbocycles. The van der Waals surface area contributed by atoms with Gasteiger partial charge in [0.05, 0.1) is 0 Å². The second-order valence-corrected chi connectivity index (χ2v) is 3.41. The van der Waals surface area contributed by atoms with E-state index < -0.39 is 0 Å². The smallest absolute Gasteiger partial charge is 0.0417 e. The van der Waals surface area contributed by atoms with Gasteiger partial charge in [-0.2, -0.15) is 0 Å². The van der Waals surface area contributed by atoms with Gasteiger partial charge in [-0.15, -0.1) is 0 Å². The molecule has 0 unspecified atom stereocenters. The molecule has 12 heavy (non-hydrogen) atoms. The average Bonchev–Trinajstić information content (AvgIpc) is 2.14. The molecule has 0 bridgehead atoms. The van der Waals surface area contributed by atoms with Crippen molar-refractivity contribution in [3.63, 3.8) is 0 Å². The molecule has 1 aliphatic rings. The van der Waals surface area contributed by atoms with Gasteiger partial charge < -0.3 is 5.32 Å². The molecule has 1 aliphatic carbocycles. The molecule has 0 atom stereocenters. The molecule has 0 aromatic carbocycles. The van der Waals surface area contributed by atoms with Crippen LogP contribution >= 0.6 is 0 Å². The Morgan fingerprint density at radius 1 is 1.33 bits per heavy atom. The molecule has 0 aliphatic heterocycles. The van der Waals surface area contributed by atoms with E-state index in [1.165, 1.54) is 32.1 Å². The number of rotatable bonds is 4. The van der Waals surface area contributed by atoms with Gasteiger partial charge in [-0.05, 0) is 25.5 Å². The van der Waals surface area contributed by atoms with Crippen molar-refractivity contribution in [2.24, 2.45) is 10.9 Å². The van der Waals surface area contributed by atoms with Gasteiger partial charge in [-0.3, -0.25) is 4.99 Å². The fraction of sp³-hybridized carbons (Fsp3) is 0.700. The Morgan fingerprint density at radius 2 is 2.08 bits per heavy atom. The number of aliphatic imine (C=N–C) groups is 1. The molecular formula is C10H18N2. The lowest BCUT2D eigenvalue weighted by atomic mass is 9.89. The Morgan fingerprint density at radius 3 is 2.75 bits per heavy atom. The maximum absolute atomic E-state index is 3.63. The maximum Gasteiger partial charge on any atom is 0.0417 e. The lowest BCUT2D eigenvalue weighted by molar-refractivity contribution is 0.353. The van der Waals surface area contributed by atoms with E-state index in [1.54, 1.807) is 6.20 Å². The molecule has 0 saturated heterocycles. The molecule has 68 valence electrons. The van der Waals surface area contributed by atoms with E-state index in [9.17, 15) is 0 Å². The van der Waals surface area contributed by atoms with E-state index in [-0.39, 0.29) is 0 Å². The van der Waals surface area contributed by atoms with Crippen molar-refractivity contribution in [2.75, 3.05) is 6.54 Å². The zero-order valence-electron chi connectivity index (χ0n) is 7.63. The fourth-order valence-electron chi connectivity index (χ4n) is 1.73. The van der Waals surface area contributed by atoms with Crippen molar-refractivity contribution in [1.82, 2.24) is 5.32 Å². The van der Waals surface area contributed by atoms with Crippen LogP contribution in [0.1, 0.15) is 32.1 Å². The van der Waals surface area contributed by atoms with Gasteiger partial charge in [0.2, 0.25) is 0 Å². The van der Waals surface area contributed by atoms with Gasteiger partial charge in [0.15, 0.2) is 0 Å². The summed E-state index contributed by atoms with van der Waals surface area (Å²) >= 11 is 0. The SMILES string of the molecule is C=N/C=C\NCC1CCCCC1. The van der Waals surface area contributed by atoms with Crippen LogP contribution in [0.2, 0.25) is 0 Å². The molecule has 1 fully saturated rings. The summed E-state index contributed by atoms with van der Waals surface area (Å²) in [5.41, 5.74) is 0. The van der Waals surface area contributed by atoms with Crippen LogP contribution in [0.3, 0.4) is 0 Å². The molecule has 1 rings (SSSR count). The minimum absolute atomic E-state index is 0.883. The van der Waals surface area contributed by atoms with Crippen LogP contribution in [-0.4, -0.2) is 13.3 Å². The third-order valence-electron chi connectivity index (χ3n) is 2.43. The summed E-state index contributed by atoms with van der Waals surface area (Å²) in [5, 5.41) is 3.24. The van der Waals surface area contributed by atoms with Crippen molar-refractivity contribution < 1.29 is 0 Å². The largest absolute Gasteiger partial charge is 0.389 e. The van der Waals surface area contributed by atoms with Crippen molar-refractivity contribution >= 4 is 6.72 Å². The highest BCUT2D eigenvalue weighted by Crippen LogP contribution is 2.22. The second-order valence-electron chi connectivity index (χ2n) is 3.41. The maximum atomic E-state index is 3.63. The zero-order chi connectivity index (χ0) is 8.65. The van der Waals surface area contributed by atoms with Gasteiger partial charge in [-0.25, -0.2) is 0 Å². The van der Waals surface area contributed by atoms with E-state index in [4.69, 9.17) is 0 Å². The summed E-state index contributed by atoms with van der Waals surface area (Å²) in [6.45, 7) is 4.47. The highest BCUT2D eigenvalue weighted by Gasteiger charge is 2.11. The van der Waals surface area contributed by atoms with Crippen LogP contribution in [0.15, 0.2) is 17.4 Å². The van der Waals surface area contributed by atoms with Crippen LogP contribution in [0.5, 0.6) is 0 Å². The molecule has 0 heterocycles. The summed E-state index contributed by atoms with van der Waals surface area (Å²) in [4.78, 5) is 3.63. The van der Waals surface area contributed by atoms with Crippen LogP contribution in [0.25, 0.3) is 0 Å². The molecule has 0 radical (unpaired) electrons. The third-order valence-corrected chi connectivity index (χ3v) is 2.43. The Bertz CT molecular complexity index is 146. The second kappa shape index (κ2) is 5.81. The van der Waals surface area contributed by atoms with Crippen LogP contribution in [0, 0.1) is 5.92 Å². The molecule has 1 N–H and O–H groups in total. The van der Waals surface area contributed by atoms with E-state index in [0.29, 0.717) is 0 Å². The lowest BCUT2D eigenvalue weighted by Crippen LogP contribution is -2.20.